The zero-order valence-electron chi connectivity index (χ0n) is 15.3. The highest BCUT2D eigenvalue weighted by Gasteiger charge is 2.25. The molecule has 7 heteroatoms. The molecule has 1 aliphatic rings. The standard InChI is InChI=1S/C21H21FN4O2/c22-17-8-4-5-9-18(17)26-19(23-24-21(26)28)14-15-10-12-25(13-11-15)20(27)16-6-2-1-3-7-16/h1-9,15H,10-14H2,(H,24,28). The highest BCUT2D eigenvalue weighted by molar-refractivity contribution is 5.94. The molecular formula is C21H21FN4O2. The topological polar surface area (TPSA) is 71.0 Å². The first-order valence-corrected chi connectivity index (χ1v) is 9.39. The van der Waals surface area contributed by atoms with Gasteiger partial charge in [-0.15, -0.1) is 0 Å². The minimum atomic E-state index is -0.462. The van der Waals surface area contributed by atoms with Crippen LogP contribution in [0.4, 0.5) is 4.39 Å². The van der Waals surface area contributed by atoms with Crippen molar-refractivity contribution in [1.82, 2.24) is 19.7 Å². The zero-order chi connectivity index (χ0) is 19.5. The van der Waals surface area contributed by atoms with Gasteiger partial charge in [0, 0.05) is 25.1 Å². The summed E-state index contributed by atoms with van der Waals surface area (Å²) in [5.41, 5.74) is 0.450. The molecule has 6 nitrogen and oxygen atoms in total. The number of hydrogen-bond acceptors (Lipinski definition) is 3. The molecule has 0 radical (unpaired) electrons. The van der Waals surface area contributed by atoms with Gasteiger partial charge >= 0.3 is 5.69 Å². The van der Waals surface area contributed by atoms with E-state index in [9.17, 15) is 14.0 Å². The van der Waals surface area contributed by atoms with Gasteiger partial charge in [0.15, 0.2) is 0 Å². The molecule has 1 aliphatic heterocycles. The summed E-state index contributed by atoms with van der Waals surface area (Å²) in [6.45, 7) is 1.32. The van der Waals surface area contributed by atoms with Crippen LogP contribution in [0.5, 0.6) is 0 Å². The van der Waals surface area contributed by atoms with Gasteiger partial charge in [-0.2, -0.15) is 5.10 Å². The first-order valence-electron chi connectivity index (χ1n) is 9.39. The highest BCUT2D eigenvalue weighted by atomic mass is 19.1. The van der Waals surface area contributed by atoms with Crippen LogP contribution in [0.15, 0.2) is 59.4 Å². The molecule has 28 heavy (non-hydrogen) atoms. The Labute approximate surface area is 161 Å². The van der Waals surface area contributed by atoms with Crippen LogP contribution >= 0.6 is 0 Å². The van der Waals surface area contributed by atoms with Crippen LogP contribution in [0, 0.1) is 11.7 Å². The van der Waals surface area contributed by atoms with E-state index in [2.05, 4.69) is 10.2 Å². The first kappa shape index (κ1) is 18.2. The molecule has 0 bridgehead atoms. The first-order chi connectivity index (χ1) is 13.6. The Bertz CT molecular complexity index is 1020. The number of likely N-dealkylation sites (tertiary alicyclic amines) is 1. The van der Waals surface area contributed by atoms with Gasteiger partial charge in [-0.3, -0.25) is 4.79 Å². The van der Waals surface area contributed by atoms with E-state index >= 15 is 0 Å². The van der Waals surface area contributed by atoms with Crippen molar-refractivity contribution in [3.05, 3.63) is 82.3 Å². The lowest BCUT2D eigenvalue weighted by Crippen LogP contribution is -2.39. The van der Waals surface area contributed by atoms with Crippen molar-refractivity contribution in [3.8, 4) is 5.69 Å². The van der Waals surface area contributed by atoms with Gasteiger partial charge in [0.25, 0.3) is 5.91 Å². The molecule has 0 saturated carbocycles. The molecular weight excluding hydrogens is 359 g/mol. The lowest BCUT2D eigenvalue weighted by Gasteiger charge is -2.32. The van der Waals surface area contributed by atoms with E-state index in [4.69, 9.17) is 0 Å². The molecule has 1 fully saturated rings. The predicted octanol–water partition coefficient (Wildman–Crippen LogP) is 2.79. The van der Waals surface area contributed by atoms with E-state index in [0.29, 0.717) is 30.9 Å². The second-order valence-electron chi connectivity index (χ2n) is 7.04. The number of para-hydroxylation sites is 1. The molecule has 2 aromatic carbocycles. The summed E-state index contributed by atoms with van der Waals surface area (Å²) in [4.78, 5) is 26.6. The van der Waals surface area contributed by atoms with E-state index in [1.807, 2.05) is 35.2 Å². The minimum Gasteiger partial charge on any atom is -0.339 e. The Hall–Kier alpha value is -3.22. The van der Waals surface area contributed by atoms with Gasteiger partial charge in [0.1, 0.15) is 11.6 Å². The second-order valence-corrected chi connectivity index (χ2v) is 7.04. The van der Waals surface area contributed by atoms with E-state index in [1.165, 1.54) is 10.6 Å². The fourth-order valence-corrected chi connectivity index (χ4v) is 3.71. The van der Waals surface area contributed by atoms with Gasteiger partial charge in [0.2, 0.25) is 0 Å². The summed E-state index contributed by atoms with van der Waals surface area (Å²) in [5, 5.41) is 6.53. The largest absolute Gasteiger partial charge is 0.348 e. The molecule has 1 aromatic heterocycles. The Balaban J connectivity index is 1.44. The van der Waals surface area contributed by atoms with Crippen molar-refractivity contribution < 1.29 is 9.18 Å². The van der Waals surface area contributed by atoms with E-state index in [0.717, 1.165) is 12.8 Å². The normalized spacial score (nSPS) is 15.0. The van der Waals surface area contributed by atoms with Crippen LogP contribution in [0.1, 0.15) is 29.0 Å². The van der Waals surface area contributed by atoms with E-state index < -0.39 is 11.5 Å². The summed E-state index contributed by atoms with van der Waals surface area (Å²) in [6.07, 6.45) is 2.19. The van der Waals surface area contributed by atoms with Crippen LogP contribution in [0.3, 0.4) is 0 Å². The molecule has 4 rings (SSSR count). The monoisotopic (exact) mass is 380 g/mol. The molecule has 1 N–H and O–H groups in total. The molecule has 0 aliphatic carbocycles. The summed E-state index contributed by atoms with van der Waals surface area (Å²) in [6, 6.07) is 15.4. The summed E-state index contributed by atoms with van der Waals surface area (Å²) >= 11 is 0. The Morgan fingerprint density at radius 1 is 1.07 bits per heavy atom. The fourth-order valence-electron chi connectivity index (χ4n) is 3.71. The zero-order valence-corrected chi connectivity index (χ0v) is 15.3. The maximum absolute atomic E-state index is 14.1. The number of hydrogen-bond donors (Lipinski definition) is 1. The predicted molar refractivity (Wildman–Crippen MR) is 103 cm³/mol. The van der Waals surface area contributed by atoms with Gasteiger partial charge in [0.05, 0.1) is 5.69 Å². The number of piperidine rings is 1. The number of amides is 1. The number of H-pyrrole nitrogens is 1. The smallest absolute Gasteiger partial charge is 0.339 e. The van der Waals surface area contributed by atoms with Crippen molar-refractivity contribution in [3.63, 3.8) is 0 Å². The van der Waals surface area contributed by atoms with Gasteiger partial charge in [-0.1, -0.05) is 30.3 Å². The lowest BCUT2D eigenvalue weighted by molar-refractivity contribution is 0.0689. The third kappa shape index (κ3) is 3.60. The number of carbonyl (C=O) groups is 1. The molecule has 0 spiro atoms. The average molecular weight is 380 g/mol. The van der Waals surface area contributed by atoms with Crippen molar-refractivity contribution in [2.45, 2.75) is 19.3 Å². The highest BCUT2D eigenvalue weighted by Crippen LogP contribution is 2.23. The summed E-state index contributed by atoms with van der Waals surface area (Å²) in [5.74, 6) is 0.376. The molecule has 144 valence electrons. The lowest BCUT2D eigenvalue weighted by atomic mass is 9.92. The number of benzene rings is 2. The Morgan fingerprint density at radius 2 is 1.75 bits per heavy atom. The van der Waals surface area contributed by atoms with Crippen LogP contribution in [0.25, 0.3) is 5.69 Å². The van der Waals surface area contributed by atoms with E-state index in [-0.39, 0.29) is 17.5 Å². The number of nitrogens with zero attached hydrogens (tertiary/aromatic N) is 3. The molecule has 1 amide bonds. The summed E-state index contributed by atoms with van der Waals surface area (Å²) < 4.78 is 15.4. The number of halogens is 1. The van der Waals surface area contributed by atoms with Crippen LogP contribution in [0.2, 0.25) is 0 Å². The van der Waals surface area contributed by atoms with Crippen molar-refractivity contribution >= 4 is 5.91 Å². The number of rotatable bonds is 4. The van der Waals surface area contributed by atoms with Crippen LogP contribution < -0.4 is 5.69 Å². The maximum Gasteiger partial charge on any atom is 0.348 e. The van der Waals surface area contributed by atoms with Gasteiger partial charge < -0.3 is 4.90 Å². The number of nitrogens with one attached hydrogen (secondary N) is 1. The molecule has 3 aromatic rings. The third-order valence-corrected chi connectivity index (χ3v) is 5.23. The second kappa shape index (κ2) is 7.80. The molecule has 2 heterocycles. The quantitative estimate of drug-likeness (QED) is 0.757. The van der Waals surface area contributed by atoms with Crippen molar-refractivity contribution in [2.24, 2.45) is 5.92 Å². The van der Waals surface area contributed by atoms with E-state index in [1.54, 1.807) is 18.2 Å². The van der Waals surface area contributed by atoms with Crippen molar-refractivity contribution in [2.75, 3.05) is 13.1 Å². The molecule has 0 atom stereocenters. The Kier molecular flexibility index (Phi) is 5.06. The minimum absolute atomic E-state index is 0.0436. The summed E-state index contributed by atoms with van der Waals surface area (Å²) in [7, 11) is 0. The van der Waals surface area contributed by atoms with Gasteiger partial charge in [-0.25, -0.2) is 18.9 Å². The maximum atomic E-state index is 14.1. The van der Waals surface area contributed by atoms with Crippen LogP contribution in [-0.2, 0) is 6.42 Å². The number of aromatic nitrogens is 3. The third-order valence-electron chi connectivity index (χ3n) is 5.23. The van der Waals surface area contributed by atoms with Crippen molar-refractivity contribution in [1.29, 1.82) is 0 Å². The van der Waals surface area contributed by atoms with Gasteiger partial charge in [-0.05, 0) is 43.0 Å². The number of carbonyl (C=O) groups excluding carboxylic acids is 1. The average Bonchev–Trinajstić information content (AvgIpc) is 3.09. The van der Waals surface area contributed by atoms with Crippen LogP contribution in [-0.4, -0.2) is 38.7 Å². The molecule has 0 unspecified atom stereocenters. The fraction of sp³-hybridized carbons (Fsp3) is 0.286. The Morgan fingerprint density at radius 3 is 2.46 bits per heavy atom. The number of aromatic amines is 1. The SMILES string of the molecule is O=C(c1ccccc1)N1CCC(Cc2n[nH]c(=O)n2-c2ccccc2F)CC1. The molecule has 1 saturated heterocycles.